The Morgan fingerprint density at radius 2 is 0.694 bits per heavy atom. The van der Waals surface area contributed by atoms with E-state index < -0.39 is 0 Å². The molecule has 0 N–H and O–H groups in total. The van der Waals surface area contributed by atoms with Crippen LogP contribution in [0.4, 0.5) is 0 Å². The first-order chi connectivity index (χ1) is 24.3. The molecule has 10 rings (SSSR count). The van der Waals surface area contributed by atoms with Crippen molar-refractivity contribution >= 4 is 0 Å². The average molecular weight is 623 g/mol. The lowest BCUT2D eigenvalue weighted by molar-refractivity contribution is 0.794. The molecule has 49 heavy (non-hydrogen) atoms. The Balaban J connectivity index is 1.10. The summed E-state index contributed by atoms with van der Waals surface area (Å²) in [5.41, 5.74) is 17.7. The smallest absolute Gasteiger partial charge is 0.160 e. The van der Waals surface area contributed by atoms with Crippen LogP contribution in [-0.4, -0.2) is 9.97 Å². The second-order valence-electron chi connectivity index (χ2n) is 12.9. The predicted molar refractivity (Wildman–Crippen MR) is 200 cm³/mol. The molecule has 0 saturated carbocycles. The molecule has 0 radical (unpaired) electrons. The lowest BCUT2D eigenvalue weighted by atomic mass is 9.70. The summed E-state index contributed by atoms with van der Waals surface area (Å²) in [5, 5.41) is 0. The minimum absolute atomic E-state index is 0.353. The minimum Gasteiger partial charge on any atom is -0.228 e. The Morgan fingerprint density at radius 3 is 1.20 bits per heavy atom. The molecule has 2 aliphatic carbocycles. The molecule has 1 heterocycles. The summed E-state index contributed by atoms with van der Waals surface area (Å²) in [7, 11) is 0. The van der Waals surface area contributed by atoms with Crippen molar-refractivity contribution in [2.45, 2.75) is 5.41 Å². The molecule has 0 fully saturated rings. The van der Waals surface area contributed by atoms with Gasteiger partial charge in [0.2, 0.25) is 0 Å². The maximum absolute atomic E-state index is 5.05. The molecule has 0 unspecified atom stereocenters. The third-order valence-corrected chi connectivity index (χ3v) is 10.3. The standard InChI is InChI=1S/C47H30N2/c1-3-13-32(14-4-1)44-30-45(33-15-5-2-6-16-33)49-46(48-44)34-25-23-31(24-26-34)35-27-28-39-38-19-9-12-22-42(38)47(43(39)29-35)40-20-10-7-17-36(40)37-18-8-11-21-41(37)47/h1-30H. The second kappa shape index (κ2) is 10.8. The van der Waals surface area contributed by atoms with Gasteiger partial charge in [-0.25, -0.2) is 9.97 Å². The van der Waals surface area contributed by atoms with Crippen LogP contribution in [0.1, 0.15) is 22.3 Å². The van der Waals surface area contributed by atoms with Crippen LogP contribution in [0.3, 0.4) is 0 Å². The van der Waals surface area contributed by atoms with E-state index in [1.54, 1.807) is 0 Å². The number of rotatable bonds is 4. The number of hydrogen-bond acceptors (Lipinski definition) is 2. The Kier molecular flexibility index (Phi) is 6.13. The van der Waals surface area contributed by atoms with Crippen LogP contribution in [-0.2, 0) is 5.41 Å². The maximum Gasteiger partial charge on any atom is 0.160 e. The Morgan fingerprint density at radius 1 is 0.286 bits per heavy atom. The van der Waals surface area contributed by atoms with Crippen molar-refractivity contribution in [2.75, 3.05) is 0 Å². The normalized spacial score (nSPS) is 13.1. The van der Waals surface area contributed by atoms with E-state index in [-0.39, 0.29) is 5.41 Å². The number of hydrogen-bond donors (Lipinski definition) is 0. The van der Waals surface area contributed by atoms with E-state index in [0.717, 1.165) is 28.1 Å². The van der Waals surface area contributed by atoms with Crippen LogP contribution in [0.15, 0.2) is 182 Å². The average Bonchev–Trinajstić information content (AvgIpc) is 3.66. The van der Waals surface area contributed by atoms with Crippen molar-refractivity contribution in [1.82, 2.24) is 9.97 Å². The molecule has 2 heteroatoms. The maximum atomic E-state index is 5.05. The molecule has 0 aliphatic heterocycles. The molecule has 1 aromatic heterocycles. The third kappa shape index (κ3) is 4.14. The first-order valence-corrected chi connectivity index (χ1v) is 16.8. The van der Waals surface area contributed by atoms with Crippen molar-refractivity contribution in [3.05, 3.63) is 204 Å². The highest BCUT2D eigenvalue weighted by Crippen LogP contribution is 2.63. The Labute approximate surface area is 286 Å². The zero-order chi connectivity index (χ0) is 32.4. The fraction of sp³-hybridized carbons (Fsp3) is 0.0213. The summed E-state index contributed by atoms with van der Waals surface area (Å²) in [5.74, 6) is 0.717. The fourth-order valence-electron chi connectivity index (χ4n) is 8.18. The third-order valence-electron chi connectivity index (χ3n) is 10.3. The van der Waals surface area contributed by atoms with Crippen molar-refractivity contribution in [3.8, 4) is 67.3 Å². The molecule has 228 valence electrons. The summed E-state index contributed by atoms with van der Waals surface area (Å²) in [6.45, 7) is 0. The summed E-state index contributed by atoms with van der Waals surface area (Å²) in [6.07, 6.45) is 0. The van der Waals surface area contributed by atoms with Crippen molar-refractivity contribution in [1.29, 1.82) is 0 Å². The van der Waals surface area contributed by atoms with Crippen LogP contribution in [0, 0.1) is 0 Å². The van der Waals surface area contributed by atoms with Gasteiger partial charge in [-0.05, 0) is 67.8 Å². The molecular formula is C47H30N2. The van der Waals surface area contributed by atoms with Gasteiger partial charge in [0.05, 0.1) is 16.8 Å². The molecule has 1 spiro atoms. The molecule has 0 amide bonds. The van der Waals surface area contributed by atoms with Crippen LogP contribution in [0.2, 0.25) is 0 Å². The minimum atomic E-state index is -0.353. The summed E-state index contributed by atoms with van der Waals surface area (Å²) < 4.78 is 0. The van der Waals surface area contributed by atoms with Crippen LogP contribution < -0.4 is 0 Å². The van der Waals surface area contributed by atoms with Gasteiger partial charge >= 0.3 is 0 Å². The van der Waals surface area contributed by atoms with E-state index >= 15 is 0 Å². The lowest BCUT2D eigenvalue weighted by Crippen LogP contribution is -2.25. The van der Waals surface area contributed by atoms with Crippen molar-refractivity contribution < 1.29 is 0 Å². The summed E-state index contributed by atoms with van der Waals surface area (Å²) in [4.78, 5) is 10.1. The fourth-order valence-corrected chi connectivity index (χ4v) is 8.18. The highest BCUT2D eigenvalue weighted by Gasteiger charge is 2.51. The zero-order valence-corrected chi connectivity index (χ0v) is 26.7. The quantitative estimate of drug-likeness (QED) is 0.195. The number of nitrogens with zero attached hydrogens (tertiary/aromatic N) is 2. The highest BCUT2D eigenvalue weighted by molar-refractivity contribution is 5.96. The van der Waals surface area contributed by atoms with Crippen LogP contribution in [0.25, 0.3) is 67.3 Å². The molecule has 0 bridgehead atoms. The lowest BCUT2D eigenvalue weighted by Gasteiger charge is -2.30. The van der Waals surface area contributed by atoms with Crippen LogP contribution in [0.5, 0.6) is 0 Å². The number of aromatic nitrogens is 2. The van der Waals surface area contributed by atoms with E-state index in [1.807, 2.05) is 12.1 Å². The van der Waals surface area contributed by atoms with Gasteiger partial charge < -0.3 is 0 Å². The monoisotopic (exact) mass is 622 g/mol. The largest absolute Gasteiger partial charge is 0.228 e. The van der Waals surface area contributed by atoms with E-state index in [0.29, 0.717) is 5.82 Å². The van der Waals surface area contributed by atoms with Gasteiger partial charge in [0.1, 0.15) is 0 Å². The predicted octanol–water partition coefficient (Wildman–Crippen LogP) is 11.5. The van der Waals surface area contributed by atoms with E-state index in [2.05, 4.69) is 170 Å². The van der Waals surface area contributed by atoms with Gasteiger partial charge in [-0.15, -0.1) is 0 Å². The molecule has 0 atom stereocenters. The molecule has 0 saturated heterocycles. The number of benzene rings is 7. The number of fused-ring (bicyclic) bond motifs is 10. The van der Waals surface area contributed by atoms with E-state index in [1.165, 1.54) is 55.6 Å². The van der Waals surface area contributed by atoms with Gasteiger partial charge in [0.15, 0.2) is 5.82 Å². The molecule has 8 aromatic rings. The van der Waals surface area contributed by atoms with Gasteiger partial charge in [-0.3, -0.25) is 0 Å². The van der Waals surface area contributed by atoms with Crippen LogP contribution >= 0.6 is 0 Å². The van der Waals surface area contributed by atoms with Gasteiger partial charge in [-0.1, -0.05) is 170 Å². The molecule has 2 aliphatic rings. The summed E-state index contributed by atoms with van der Waals surface area (Å²) in [6, 6.07) is 65.4. The Hall–Kier alpha value is -6.38. The van der Waals surface area contributed by atoms with Crippen molar-refractivity contribution in [2.24, 2.45) is 0 Å². The van der Waals surface area contributed by atoms with Crippen molar-refractivity contribution in [3.63, 3.8) is 0 Å². The molecule has 2 nitrogen and oxygen atoms in total. The zero-order valence-electron chi connectivity index (χ0n) is 26.7. The van der Waals surface area contributed by atoms with Gasteiger partial charge in [0, 0.05) is 16.7 Å². The topological polar surface area (TPSA) is 25.8 Å². The highest BCUT2D eigenvalue weighted by atomic mass is 14.9. The molecule has 7 aromatic carbocycles. The van der Waals surface area contributed by atoms with Gasteiger partial charge in [-0.2, -0.15) is 0 Å². The Bertz CT molecular complexity index is 2410. The second-order valence-corrected chi connectivity index (χ2v) is 12.9. The first-order valence-electron chi connectivity index (χ1n) is 16.8. The van der Waals surface area contributed by atoms with E-state index in [9.17, 15) is 0 Å². The first kappa shape index (κ1) is 27.7. The summed E-state index contributed by atoms with van der Waals surface area (Å²) >= 11 is 0. The van der Waals surface area contributed by atoms with E-state index in [4.69, 9.17) is 9.97 Å². The SMILES string of the molecule is c1ccc(-c2cc(-c3ccccc3)nc(-c3ccc(-c4ccc5c(c4)C4(c6ccccc6-c6ccccc64)c4ccccc4-5)cc3)n2)cc1. The molecular weight excluding hydrogens is 593 g/mol. The van der Waals surface area contributed by atoms with Gasteiger partial charge in [0.25, 0.3) is 0 Å².